The molecule has 0 radical (unpaired) electrons. The molecule has 16 heavy (non-hydrogen) atoms. The fourth-order valence-electron chi connectivity index (χ4n) is 1.69. The average Bonchev–Trinajstić information content (AvgIpc) is 2.74. The van der Waals surface area contributed by atoms with Crippen molar-refractivity contribution in [3.05, 3.63) is 51.5 Å². The molecule has 2 aromatic rings. The number of aromatic nitrogens is 1. The lowest BCUT2D eigenvalue weighted by Gasteiger charge is -2.07. The van der Waals surface area contributed by atoms with Crippen molar-refractivity contribution in [2.45, 2.75) is 26.9 Å². The molecule has 0 unspecified atom stereocenters. The van der Waals surface area contributed by atoms with Crippen LogP contribution in [0.5, 0.6) is 0 Å². The smallest absolute Gasteiger partial charge is 0.106 e. The second kappa shape index (κ2) is 5.23. The minimum absolute atomic E-state index is 0.852. The van der Waals surface area contributed by atoms with Crippen molar-refractivity contribution in [1.82, 2.24) is 10.3 Å². The molecule has 0 saturated carbocycles. The van der Waals surface area contributed by atoms with Crippen LogP contribution in [0.2, 0.25) is 0 Å². The molecule has 0 aliphatic heterocycles. The SMILES string of the molecule is Cc1ccc(CNCc2nccs2)c(C)c1. The van der Waals surface area contributed by atoms with Gasteiger partial charge in [0.05, 0.1) is 0 Å². The zero-order valence-electron chi connectivity index (χ0n) is 9.66. The van der Waals surface area contributed by atoms with Crippen LogP contribution in [0.3, 0.4) is 0 Å². The number of rotatable bonds is 4. The molecular weight excluding hydrogens is 216 g/mol. The number of thiazole rings is 1. The van der Waals surface area contributed by atoms with Gasteiger partial charge in [-0.05, 0) is 25.0 Å². The summed E-state index contributed by atoms with van der Waals surface area (Å²) in [6.07, 6.45) is 1.85. The lowest BCUT2D eigenvalue weighted by atomic mass is 10.1. The Morgan fingerprint density at radius 3 is 2.81 bits per heavy atom. The van der Waals surface area contributed by atoms with Crippen molar-refractivity contribution < 1.29 is 0 Å². The van der Waals surface area contributed by atoms with E-state index in [1.54, 1.807) is 11.3 Å². The van der Waals surface area contributed by atoms with Crippen molar-refractivity contribution in [2.24, 2.45) is 0 Å². The maximum absolute atomic E-state index is 4.24. The van der Waals surface area contributed by atoms with Crippen LogP contribution in [0, 0.1) is 13.8 Å². The molecule has 0 aliphatic carbocycles. The monoisotopic (exact) mass is 232 g/mol. The van der Waals surface area contributed by atoms with Gasteiger partial charge in [-0.25, -0.2) is 4.98 Å². The van der Waals surface area contributed by atoms with Crippen LogP contribution in [-0.4, -0.2) is 4.98 Å². The molecule has 1 aromatic heterocycles. The van der Waals surface area contributed by atoms with Crippen molar-refractivity contribution >= 4 is 11.3 Å². The van der Waals surface area contributed by atoms with E-state index in [2.05, 4.69) is 42.3 Å². The van der Waals surface area contributed by atoms with Gasteiger partial charge in [-0.2, -0.15) is 0 Å². The van der Waals surface area contributed by atoms with E-state index >= 15 is 0 Å². The van der Waals surface area contributed by atoms with Crippen LogP contribution < -0.4 is 5.32 Å². The minimum atomic E-state index is 0.852. The van der Waals surface area contributed by atoms with Crippen LogP contribution in [0.4, 0.5) is 0 Å². The number of hydrogen-bond donors (Lipinski definition) is 1. The third-order valence-electron chi connectivity index (χ3n) is 2.57. The molecule has 0 amide bonds. The maximum Gasteiger partial charge on any atom is 0.106 e. The molecule has 2 rings (SSSR count). The van der Waals surface area contributed by atoms with Crippen molar-refractivity contribution in [3.63, 3.8) is 0 Å². The second-order valence-electron chi connectivity index (χ2n) is 3.96. The summed E-state index contributed by atoms with van der Waals surface area (Å²) in [5.41, 5.74) is 4.04. The third kappa shape index (κ3) is 2.90. The highest BCUT2D eigenvalue weighted by Gasteiger charge is 1.99. The summed E-state index contributed by atoms with van der Waals surface area (Å²) in [7, 11) is 0. The highest BCUT2D eigenvalue weighted by Crippen LogP contribution is 2.10. The Kier molecular flexibility index (Phi) is 3.70. The molecule has 1 heterocycles. The maximum atomic E-state index is 4.24. The van der Waals surface area contributed by atoms with Gasteiger partial charge in [0.2, 0.25) is 0 Å². The highest BCUT2D eigenvalue weighted by atomic mass is 32.1. The Balaban J connectivity index is 1.90. The summed E-state index contributed by atoms with van der Waals surface area (Å²) in [4.78, 5) is 4.24. The van der Waals surface area contributed by atoms with Gasteiger partial charge < -0.3 is 5.32 Å². The van der Waals surface area contributed by atoms with Gasteiger partial charge in [-0.1, -0.05) is 23.8 Å². The van der Waals surface area contributed by atoms with E-state index in [1.165, 1.54) is 16.7 Å². The first-order valence-corrected chi connectivity index (χ1v) is 6.29. The first-order chi connectivity index (χ1) is 7.75. The van der Waals surface area contributed by atoms with Gasteiger partial charge >= 0.3 is 0 Å². The normalized spacial score (nSPS) is 10.6. The zero-order chi connectivity index (χ0) is 11.4. The lowest BCUT2D eigenvalue weighted by Crippen LogP contribution is -2.13. The van der Waals surface area contributed by atoms with Crippen LogP contribution in [0.25, 0.3) is 0 Å². The molecular formula is C13H16N2S. The van der Waals surface area contributed by atoms with Gasteiger partial charge in [0, 0.05) is 24.7 Å². The fourth-order valence-corrected chi connectivity index (χ4v) is 2.27. The Hall–Kier alpha value is -1.19. The highest BCUT2D eigenvalue weighted by molar-refractivity contribution is 7.09. The van der Waals surface area contributed by atoms with E-state index in [4.69, 9.17) is 0 Å². The molecule has 0 spiro atoms. The molecule has 1 aromatic carbocycles. The van der Waals surface area contributed by atoms with Gasteiger partial charge in [0.1, 0.15) is 5.01 Å². The zero-order valence-corrected chi connectivity index (χ0v) is 10.5. The number of nitrogens with one attached hydrogen (secondary N) is 1. The second-order valence-corrected chi connectivity index (χ2v) is 4.94. The summed E-state index contributed by atoms with van der Waals surface area (Å²) in [5, 5.41) is 6.56. The van der Waals surface area contributed by atoms with Crippen molar-refractivity contribution in [2.75, 3.05) is 0 Å². The Bertz CT molecular complexity index is 449. The van der Waals surface area contributed by atoms with Crippen molar-refractivity contribution in [1.29, 1.82) is 0 Å². The summed E-state index contributed by atoms with van der Waals surface area (Å²) >= 11 is 1.69. The Morgan fingerprint density at radius 1 is 1.25 bits per heavy atom. The van der Waals surface area contributed by atoms with Gasteiger partial charge in [-0.15, -0.1) is 11.3 Å². The van der Waals surface area contributed by atoms with E-state index in [1.807, 2.05) is 11.6 Å². The number of aryl methyl sites for hydroxylation is 2. The van der Waals surface area contributed by atoms with Gasteiger partial charge in [-0.3, -0.25) is 0 Å². The number of hydrogen-bond acceptors (Lipinski definition) is 3. The molecule has 0 bridgehead atoms. The predicted molar refractivity (Wildman–Crippen MR) is 68.6 cm³/mol. The Morgan fingerprint density at radius 2 is 2.12 bits per heavy atom. The van der Waals surface area contributed by atoms with Crippen LogP contribution in [0.15, 0.2) is 29.8 Å². The standard InChI is InChI=1S/C13H16N2S/c1-10-3-4-12(11(2)7-10)8-14-9-13-15-5-6-16-13/h3-7,14H,8-9H2,1-2H3. The van der Waals surface area contributed by atoms with Crippen LogP contribution >= 0.6 is 11.3 Å². The van der Waals surface area contributed by atoms with E-state index in [-0.39, 0.29) is 0 Å². The summed E-state index contributed by atoms with van der Waals surface area (Å²) in [6, 6.07) is 6.58. The van der Waals surface area contributed by atoms with E-state index in [0.717, 1.165) is 18.1 Å². The number of nitrogens with zero attached hydrogens (tertiary/aromatic N) is 1. The molecule has 0 atom stereocenters. The van der Waals surface area contributed by atoms with E-state index < -0.39 is 0 Å². The molecule has 3 heteroatoms. The predicted octanol–water partition coefficient (Wildman–Crippen LogP) is 3.05. The fraction of sp³-hybridized carbons (Fsp3) is 0.308. The Labute approximate surface area is 100 Å². The van der Waals surface area contributed by atoms with E-state index in [0.29, 0.717) is 0 Å². The van der Waals surface area contributed by atoms with E-state index in [9.17, 15) is 0 Å². The molecule has 2 nitrogen and oxygen atoms in total. The summed E-state index contributed by atoms with van der Waals surface area (Å²) in [5.74, 6) is 0. The van der Waals surface area contributed by atoms with Crippen molar-refractivity contribution in [3.8, 4) is 0 Å². The molecule has 0 aliphatic rings. The van der Waals surface area contributed by atoms with Crippen LogP contribution in [-0.2, 0) is 13.1 Å². The minimum Gasteiger partial charge on any atom is -0.306 e. The summed E-state index contributed by atoms with van der Waals surface area (Å²) in [6.45, 7) is 6.05. The topological polar surface area (TPSA) is 24.9 Å². The van der Waals surface area contributed by atoms with Gasteiger partial charge in [0.15, 0.2) is 0 Å². The lowest BCUT2D eigenvalue weighted by molar-refractivity contribution is 0.687. The summed E-state index contributed by atoms with van der Waals surface area (Å²) < 4.78 is 0. The largest absolute Gasteiger partial charge is 0.306 e. The van der Waals surface area contributed by atoms with Gasteiger partial charge in [0.25, 0.3) is 0 Å². The molecule has 0 fully saturated rings. The quantitative estimate of drug-likeness (QED) is 0.876. The first-order valence-electron chi connectivity index (χ1n) is 5.41. The molecule has 84 valence electrons. The molecule has 1 N–H and O–H groups in total. The van der Waals surface area contributed by atoms with Crippen LogP contribution in [0.1, 0.15) is 21.7 Å². The first kappa shape index (κ1) is 11.3. The third-order valence-corrected chi connectivity index (χ3v) is 3.35. The molecule has 0 saturated heterocycles. The average molecular weight is 232 g/mol. The number of benzene rings is 1.